The first kappa shape index (κ1) is 13.5. The summed E-state index contributed by atoms with van der Waals surface area (Å²) in [4.78, 5) is 16.3. The number of aryl methyl sites for hydroxylation is 1. The molecule has 0 aliphatic carbocycles. The average Bonchev–Trinajstić information content (AvgIpc) is 3.08. The summed E-state index contributed by atoms with van der Waals surface area (Å²) in [5, 5.41) is 4.87. The Morgan fingerprint density at radius 2 is 2.24 bits per heavy atom. The number of hydrogen-bond acceptors (Lipinski definition) is 4. The number of nitrogens with one attached hydrogen (secondary N) is 1. The maximum atomic E-state index is 13.2. The van der Waals surface area contributed by atoms with E-state index in [1.165, 1.54) is 29.7 Å². The molecule has 4 nitrogen and oxygen atoms in total. The van der Waals surface area contributed by atoms with Crippen molar-refractivity contribution in [2.75, 3.05) is 5.32 Å². The number of halogens is 1. The van der Waals surface area contributed by atoms with Gasteiger partial charge in [-0.05, 0) is 25.1 Å². The van der Waals surface area contributed by atoms with Gasteiger partial charge in [-0.3, -0.25) is 10.1 Å². The Balaban J connectivity index is 1.80. The van der Waals surface area contributed by atoms with Crippen molar-refractivity contribution in [3.05, 3.63) is 59.1 Å². The van der Waals surface area contributed by atoms with Crippen LogP contribution in [0.2, 0.25) is 0 Å². The van der Waals surface area contributed by atoms with Crippen LogP contribution in [-0.2, 0) is 0 Å². The third-order valence-corrected chi connectivity index (χ3v) is 3.67. The molecule has 0 bridgehead atoms. The van der Waals surface area contributed by atoms with E-state index in [-0.39, 0.29) is 17.5 Å². The third kappa shape index (κ3) is 2.85. The summed E-state index contributed by atoms with van der Waals surface area (Å²) in [6.45, 7) is 1.79. The van der Waals surface area contributed by atoms with Crippen LogP contribution < -0.4 is 5.32 Å². The van der Waals surface area contributed by atoms with E-state index >= 15 is 0 Å². The highest BCUT2D eigenvalue weighted by molar-refractivity contribution is 7.14. The molecule has 0 radical (unpaired) electrons. The number of hydrogen-bond donors (Lipinski definition) is 1. The SMILES string of the molecule is Cc1ccoc1C(=O)Nc1nc(-c2cccc(F)c2)cs1. The number of furan rings is 1. The zero-order valence-corrected chi connectivity index (χ0v) is 11.9. The quantitative estimate of drug-likeness (QED) is 0.792. The number of thiazole rings is 1. The van der Waals surface area contributed by atoms with Crippen LogP contribution in [0.5, 0.6) is 0 Å². The van der Waals surface area contributed by atoms with Crippen LogP contribution in [0.4, 0.5) is 9.52 Å². The van der Waals surface area contributed by atoms with E-state index in [0.717, 1.165) is 5.56 Å². The number of benzene rings is 1. The number of amides is 1. The summed E-state index contributed by atoms with van der Waals surface area (Å²) in [6, 6.07) is 7.87. The second kappa shape index (κ2) is 5.49. The highest BCUT2D eigenvalue weighted by Gasteiger charge is 2.14. The highest BCUT2D eigenvalue weighted by Crippen LogP contribution is 2.25. The van der Waals surface area contributed by atoms with Crippen molar-refractivity contribution in [1.29, 1.82) is 0 Å². The van der Waals surface area contributed by atoms with Crippen LogP contribution in [0.25, 0.3) is 11.3 Å². The predicted octanol–water partition coefficient (Wildman–Crippen LogP) is 4.10. The number of aromatic nitrogens is 1. The van der Waals surface area contributed by atoms with E-state index in [1.54, 1.807) is 30.5 Å². The number of carbonyl (C=O) groups is 1. The monoisotopic (exact) mass is 302 g/mol. The molecule has 0 saturated heterocycles. The van der Waals surface area contributed by atoms with Crippen molar-refractivity contribution in [3.8, 4) is 11.3 Å². The minimum Gasteiger partial charge on any atom is -0.459 e. The minimum atomic E-state index is -0.349. The molecule has 0 saturated carbocycles. The highest BCUT2D eigenvalue weighted by atomic mass is 32.1. The summed E-state index contributed by atoms with van der Waals surface area (Å²) in [5.74, 6) is -0.410. The second-order valence-electron chi connectivity index (χ2n) is 4.44. The van der Waals surface area contributed by atoms with Crippen molar-refractivity contribution in [1.82, 2.24) is 4.98 Å². The fourth-order valence-corrected chi connectivity index (χ4v) is 2.59. The van der Waals surface area contributed by atoms with Gasteiger partial charge in [-0.25, -0.2) is 9.37 Å². The summed E-state index contributed by atoms with van der Waals surface area (Å²) in [7, 11) is 0. The van der Waals surface area contributed by atoms with E-state index in [4.69, 9.17) is 4.42 Å². The van der Waals surface area contributed by atoms with Crippen LogP contribution >= 0.6 is 11.3 Å². The molecular formula is C15H11FN2O2S. The van der Waals surface area contributed by atoms with Gasteiger partial charge >= 0.3 is 0 Å². The van der Waals surface area contributed by atoms with Crippen LogP contribution in [0.1, 0.15) is 16.1 Å². The Morgan fingerprint density at radius 3 is 2.95 bits per heavy atom. The number of nitrogens with zero attached hydrogens (tertiary/aromatic N) is 1. The van der Waals surface area contributed by atoms with Gasteiger partial charge in [0.25, 0.3) is 5.91 Å². The number of carbonyl (C=O) groups excluding carboxylic acids is 1. The lowest BCUT2D eigenvalue weighted by molar-refractivity contribution is 0.0996. The fourth-order valence-electron chi connectivity index (χ4n) is 1.87. The van der Waals surface area contributed by atoms with Gasteiger partial charge in [-0.2, -0.15) is 0 Å². The van der Waals surface area contributed by atoms with Crippen LogP contribution in [0.15, 0.2) is 46.4 Å². The molecule has 0 aliphatic rings. The molecule has 2 aromatic heterocycles. The number of rotatable bonds is 3. The van der Waals surface area contributed by atoms with Gasteiger partial charge in [0.1, 0.15) is 5.82 Å². The van der Waals surface area contributed by atoms with Crippen molar-refractivity contribution >= 4 is 22.4 Å². The summed E-state index contributed by atoms with van der Waals surface area (Å²) in [5.41, 5.74) is 2.04. The second-order valence-corrected chi connectivity index (χ2v) is 5.29. The van der Waals surface area contributed by atoms with Crippen LogP contribution in [0.3, 0.4) is 0 Å². The first-order valence-electron chi connectivity index (χ1n) is 6.20. The molecule has 106 valence electrons. The molecule has 2 heterocycles. The molecular weight excluding hydrogens is 291 g/mol. The lowest BCUT2D eigenvalue weighted by atomic mass is 10.2. The minimum absolute atomic E-state index is 0.262. The topological polar surface area (TPSA) is 55.1 Å². The first-order chi connectivity index (χ1) is 10.1. The van der Waals surface area contributed by atoms with Gasteiger partial charge in [0.15, 0.2) is 10.9 Å². The van der Waals surface area contributed by atoms with Gasteiger partial charge in [0.2, 0.25) is 0 Å². The summed E-state index contributed by atoms with van der Waals surface area (Å²) < 4.78 is 18.3. The normalized spacial score (nSPS) is 10.6. The molecule has 0 atom stereocenters. The van der Waals surface area contributed by atoms with Gasteiger partial charge < -0.3 is 4.42 Å². The maximum Gasteiger partial charge on any atom is 0.293 e. The molecule has 3 aromatic rings. The number of anilines is 1. The molecule has 0 unspecified atom stereocenters. The zero-order valence-electron chi connectivity index (χ0n) is 11.1. The largest absolute Gasteiger partial charge is 0.459 e. The zero-order chi connectivity index (χ0) is 14.8. The van der Waals surface area contributed by atoms with Crippen molar-refractivity contribution in [2.45, 2.75) is 6.92 Å². The van der Waals surface area contributed by atoms with Crippen LogP contribution in [0, 0.1) is 12.7 Å². The molecule has 3 rings (SSSR count). The lowest BCUT2D eigenvalue weighted by Gasteiger charge is -1.99. The van der Waals surface area contributed by atoms with E-state index in [1.807, 2.05) is 0 Å². The van der Waals surface area contributed by atoms with Gasteiger partial charge in [-0.15, -0.1) is 11.3 Å². The van der Waals surface area contributed by atoms with E-state index < -0.39 is 0 Å². The Hall–Kier alpha value is -2.47. The molecule has 21 heavy (non-hydrogen) atoms. The Morgan fingerprint density at radius 1 is 1.38 bits per heavy atom. The van der Waals surface area contributed by atoms with E-state index in [9.17, 15) is 9.18 Å². The molecule has 1 amide bonds. The Bertz CT molecular complexity index is 794. The third-order valence-electron chi connectivity index (χ3n) is 2.91. The standard InChI is InChI=1S/C15H11FN2O2S/c1-9-5-6-20-13(9)14(19)18-15-17-12(8-21-15)10-3-2-4-11(16)7-10/h2-8H,1H3,(H,17,18,19). The van der Waals surface area contributed by atoms with Crippen molar-refractivity contribution in [2.24, 2.45) is 0 Å². The van der Waals surface area contributed by atoms with Crippen LogP contribution in [-0.4, -0.2) is 10.9 Å². The van der Waals surface area contributed by atoms with Gasteiger partial charge in [0, 0.05) is 16.5 Å². The first-order valence-corrected chi connectivity index (χ1v) is 7.08. The smallest absolute Gasteiger partial charge is 0.293 e. The van der Waals surface area contributed by atoms with Crippen molar-refractivity contribution < 1.29 is 13.6 Å². The average molecular weight is 302 g/mol. The molecule has 1 N–H and O–H groups in total. The molecule has 6 heteroatoms. The van der Waals surface area contributed by atoms with E-state index in [2.05, 4.69) is 10.3 Å². The fraction of sp³-hybridized carbons (Fsp3) is 0.0667. The predicted molar refractivity (Wildman–Crippen MR) is 78.9 cm³/mol. The Labute approximate surface area is 124 Å². The van der Waals surface area contributed by atoms with Crippen molar-refractivity contribution in [3.63, 3.8) is 0 Å². The summed E-state index contributed by atoms with van der Waals surface area (Å²) in [6.07, 6.45) is 1.46. The van der Waals surface area contributed by atoms with Gasteiger partial charge in [-0.1, -0.05) is 12.1 Å². The molecule has 0 fully saturated rings. The molecule has 0 spiro atoms. The van der Waals surface area contributed by atoms with E-state index in [0.29, 0.717) is 16.4 Å². The Kier molecular flexibility index (Phi) is 3.53. The lowest BCUT2D eigenvalue weighted by Crippen LogP contribution is -2.11. The molecule has 0 aliphatic heterocycles. The maximum absolute atomic E-state index is 13.2. The summed E-state index contributed by atoms with van der Waals surface area (Å²) >= 11 is 1.27. The van der Waals surface area contributed by atoms with Gasteiger partial charge in [0.05, 0.1) is 12.0 Å². The molecule has 1 aromatic carbocycles.